The highest BCUT2D eigenvalue weighted by atomic mass is 35.5. The predicted octanol–water partition coefficient (Wildman–Crippen LogP) is 4.50. The van der Waals surface area contributed by atoms with E-state index in [4.69, 9.17) is 11.6 Å². The second-order valence-corrected chi connectivity index (χ2v) is 7.33. The molecule has 1 unspecified atom stereocenters. The first-order chi connectivity index (χ1) is 13.0. The van der Waals surface area contributed by atoms with Gasteiger partial charge in [-0.05, 0) is 44.9 Å². The smallest absolute Gasteiger partial charge is 0.183 e. The van der Waals surface area contributed by atoms with Gasteiger partial charge in [0.1, 0.15) is 5.82 Å². The molecule has 0 spiro atoms. The van der Waals surface area contributed by atoms with Crippen LogP contribution in [0.1, 0.15) is 25.7 Å². The van der Waals surface area contributed by atoms with Crippen LogP contribution in [0.15, 0.2) is 24.5 Å². The van der Waals surface area contributed by atoms with Crippen LogP contribution in [0.25, 0.3) is 22.3 Å². The van der Waals surface area contributed by atoms with Crippen LogP contribution in [0.2, 0.25) is 5.02 Å². The van der Waals surface area contributed by atoms with Crippen molar-refractivity contribution in [3.8, 4) is 11.4 Å². The Kier molecular flexibility index (Phi) is 4.97. The molecule has 1 fully saturated rings. The second-order valence-electron chi connectivity index (χ2n) is 6.90. The second kappa shape index (κ2) is 7.40. The van der Waals surface area contributed by atoms with Crippen LogP contribution in [0.4, 0.5) is 14.6 Å². The van der Waals surface area contributed by atoms with Gasteiger partial charge in [0.25, 0.3) is 0 Å². The zero-order valence-corrected chi connectivity index (χ0v) is 15.6. The molecule has 2 atom stereocenters. The molecule has 3 aromatic rings. The number of aromatic amines is 1. The number of H-pyrrole nitrogens is 1. The van der Waals surface area contributed by atoms with Gasteiger partial charge in [0, 0.05) is 34.3 Å². The Morgan fingerprint density at radius 2 is 2.00 bits per heavy atom. The molecule has 1 aromatic carbocycles. The quantitative estimate of drug-likeness (QED) is 0.612. The van der Waals surface area contributed by atoms with Gasteiger partial charge in [0.2, 0.25) is 0 Å². The van der Waals surface area contributed by atoms with E-state index in [1.807, 2.05) is 7.05 Å². The highest BCUT2D eigenvalue weighted by Gasteiger charge is 2.22. The molecular weight excluding hydrogens is 372 g/mol. The van der Waals surface area contributed by atoms with Crippen molar-refractivity contribution in [2.24, 2.45) is 0 Å². The Morgan fingerprint density at radius 1 is 1.19 bits per heavy atom. The average molecular weight is 392 g/mol. The maximum atomic E-state index is 14.3. The summed E-state index contributed by atoms with van der Waals surface area (Å²) >= 11 is 5.98. The van der Waals surface area contributed by atoms with Gasteiger partial charge in [-0.1, -0.05) is 11.6 Å². The van der Waals surface area contributed by atoms with E-state index in [0.717, 1.165) is 31.9 Å². The lowest BCUT2D eigenvalue weighted by atomic mass is 9.91. The van der Waals surface area contributed by atoms with Crippen molar-refractivity contribution in [1.29, 1.82) is 0 Å². The largest absolute Gasteiger partial charge is 0.365 e. The maximum Gasteiger partial charge on any atom is 0.183 e. The van der Waals surface area contributed by atoms with Gasteiger partial charge >= 0.3 is 0 Å². The minimum Gasteiger partial charge on any atom is -0.365 e. The lowest BCUT2D eigenvalue weighted by Gasteiger charge is -2.29. The summed E-state index contributed by atoms with van der Waals surface area (Å²) in [5.41, 5.74) is 0.896. The lowest BCUT2D eigenvalue weighted by molar-refractivity contribution is 0.368. The van der Waals surface area contributed by atoms with E-state index in [-0.39, 0.29) is 16.9 Å². The molecule has 8 heteroatoms. The van der Waals surface area contributed by atoms with E-state index in [0.29, 0.717) is 28.3 Å². The molecule has 27 heavy (non-hydrogen) atoms. The number of benzene rings is 1. The Bertz CT molecular complexity index is 974. The fraction of sp³-hybridized carbons (Fsp3) is 0.368. The average Bonchev–Trinajstić information content (AvgIpc) is 3.08. The van der Waals surface area contributed by atoms with Crippen LogP contribution in [0.5, 0.6) is 0 Å². The minimum atomic E-state index is -0.505. The lowest BCUT2D eigenvalue weighted by Crippen LogP contribution is -2.37. The summed E-state index contributed by atoms with van der Waals surface area (Å²) in [6.45, 7) is 0. The van der Waals surface area contributed by atoms with E-state index in [2.05, 4.69) is 25.6 Å². The van der Waals surface area contributed by atoms with E-state index in [1.165, 1.54) is 6.07 Å². The zero-order chi connectivity index (χ0) is 19.0. The molecule has 4 rings (SSSR count). The minimum absolute atomic E-state index is 0.142. The summed E-state index contributed by atoms with van der Waals surface area (Å²) in [7, 11) is 1.94. The molecule has 3 N–H and O–H groups in total. The van der Waals surface area contributed by atoms with Crippen LogP contribution in [0.3, 0.4) is 0 Å². The van der Waals surface area contributed by atoms with Gasteiger partial charge in [-0.2, -0.15) is 0 Å². The van der Waals surface area contributed by atoms with Crippen molar-refractivity contribution in [2.45, 2.75) is 37.8 Å². The molecule has 142 valence electrons. The molecule has 1 aliphatic rings. The normalized spacial score (nSPS) is 20.1. The van der Waals surface area contributed by atoms with E-state index >= 15 is 0 Å². The Labute approximate surface area is 160 Å². The summed E-state index contributed by atoms with van der Waals surface area (Å²) in [6.07, 6.45) is 6.81. The maximum absolute atomic E-state index is 14.3. The molecule has 0 radical (unpaired) electrons. The van der Waals surface area contributed by atoms with Gasteiger partial charge in [-0.15, -0.1) is 0 Å². The Morgan fingerprint density at radius 3 is 2.81 bits per heavy atom. The first-order valence-electron chi connectivity index (χ1n) is 8.98. The van der Waals surface area contributed by atoms with Gasteiger partial charge in [0.15, 0.2) is 17.5 Å². The molecule has 0 amide bonds. The number of nitrogens with one attached hydrogen (secondary N) is 3. The Hall–Kier alpha value is -2.25. The molecule has 1 saturated carbocycles. The summed E-state index contributed by atoms with van der Waals surface area (Å²) in [5.74, 6) is -0.481. The SMILES string of the molecule is CN[C@@H]1CCCC(Nc2nc(-c3c[nH]c4c(F)cc(Cl)cc34)ncc2F)C1. The van der Waals surface area contributed by atoms with Crippen molar-refractivity contribution in [2.75, 3.05) is 12.4 Å². The van der Waals surface area contributed by atoms with Crippen LogP contribution in [-0.2, 0) is 0 Å². The predicted molar refractivity (Wildman–Crippen MR) is 103 cm³/mol. The number of aromatic nitrogens is 3. The first kappa shape index (κ1) is 18.1. The number of hydrogen-bond acceptors (Lipinski definition) is 4. The third kappa shape index (κ3) is 3.61. The standard InChI is InChI=1S/C19H20ClF2N5/c1-23-11-3-2-4-12(7-11)26-19-16(22)9-25-18(27-19)14-8-24-17-13(14)5-10(20)6-15(17)21/h5-6,8-9,11-12,23-24H,2-4,7H2,1H3,(H,25,26,27)/t11-,12?/m1/s1. The number of anilines is 1. The monoisotopic (exact) mass is 391 g/mol. The summed E-state index contributed by atoms with van der Waals surface area (Å²) in [6, 6.07) is 3.44. The summed E-state index contributed by atoms with van der Waals surface area (Å²) in [5, 5.41) is 7.33. The third-order valence-electron chi connectivity index (χ3n) is 5.11. The molecule has 2 aromatic heterocycles. The highest BCUT2D eigenvalue weighted by molar-refractivity contribution is 6.31. The highest BCUT2D eigenvalue weighted by Crippen LogP contribution is 2.31. The van der Waals surface area contributed by atoms with Crippen molar-refractivity contribution in [3.63, 3.8) is 0 Å². The topological polar surface area (TPSA) is 65.6 Å². The fourth-order valence-corrected chi connectivity index (χ4v) is 3.92. The molecule has 5 nitrogen and oxygen atoms in total. The number of rotatable bonds is 4. The number of hydrogen-bond donors (Lipinski definition) is 3. The van der Waals surface area contributed by atoms with E-state index in [9.17, 15) is 8.78 Å². The molecular formula is C19H20ClF2N5. The molecule has 2 heterocycles. The molecule has 0 bridgehead atoms. The molecule has 0 saturated heterocycles. The van der Waals surface area contributed by atoms with Crippen LogP contribution >= 0.6 is 11.6 Å². The van der Waals surface area contributed by atoms with Crippen molar-refractivity contribution >= 4 is 28.3 Å². The Balaban J connectivity index is 1.67. The molecule has 1 aliphatic carbocycles. The van der Waals surface area contributed by atoms with Crippen LogP contribution in [-0.4, -0.2) is 34.1 Å². The van der Waals surface area contributed by atoms with E-state index < -0.39 is 11.6 Å². The van der Waals surface area contributed by atoms with Gasteiger partial charge in [0.05, 0.1) is 11.7 Å². The zero-order valence-electron chi connectivity index (χ0n) is 14.8. The summed E-state index contributed by atoms with van der Waals surface area (Å²) < 4.78 is 28.4. The van der Waals surface area contributed by atoms with Crippen LogP contribution in [0, 0.1) is 11.6 Å². The van der Waals surface area contributed by atoms with Gasteiger partial charge in [-0.25, -0.2) is 18.7 Å². The number of nitrogens with zero attached hydrogens (tertiary/aromatic N) is 2. The molecule has 0 aliphatic heterocycles. The summed E-state index contributed by atoms with van der Waals surface area (Å²) in [4.78, 5) is 11.3. The fourth-order valence-electron chi connectivity index (χ4n) is 3.71. The van der Waals surface area contributed by atoms with Crippen molar-refractivity contribution in [3.05, 3.63) is 41.2 Å². The third-order valence-corrected chi connectivity index (χ3v) is 5.33. The van der Waals surface area contributed by atoms with E-state index in [1.54, 1.807) is 12.3 Å². The van der Waals surface area contributed by atoms with Gasteiger partial charge in [-0.3, -0.25) is 0 Å². The van der Waals surface area contributed by atoms with Gasteiger partial charge < -0.3 is 15.6 Å². The van der Waals surface area contributed by atoms with Crippen molar-refractivity contribution in [1.82, 2.24) is 20.3 Å². The first-order valence-corrected chi connectivity index (χ1v) is 9.35. The van der Waals surface area contributed by atoms with Crippen LogP contribution < -0.4 is 10.6 Å². The van der Waals surface area contributed by atoms with Crippen molar-refractivity contribution < 1.29 is 8.78 Å². The number of halogens is 3. The number of fused-ring (bicyclic) bond motifs is 1.